The van der Waals surface area contributed by atoms with Gasteiger partial charge in [-0.25, -0.2) is 0 Å². The van der Waals surface area contributed by atoms with Crippen LogP contribution in [0.5, 0.6) is 0 Å². The van der Waals surface area contributed by atoms with Crippen molar-refractivity contribution >= 4 is 66.4 Å². The maximum atomic E-state index is 12.8. The maximum Gasteiger partial charge on any atom is 0.296 e. The van der Waals surface area contributed by atoms with E-state index in [0.717, 1.165) is 23.2 Å². The van der Waals surface area contributed by atoms with Crippen LogP contribution in [0.15, 0.2) is 55.5 Å². The zero-order valence-electron chi connectivity index (χ0n) is 16.3. The fraction of sp³-hybridized carbons (Fsp3) is 0.176. The first-order chi connectivity index (χ1) is 14.7. The molecule has 0 saturated heterocycles. The minimum Gasteiger partial charge on any atom is -0.282 e. The standard InChI is InChI=1S/C17H14Cl2N4O7S2/c1-8-5-10(31(25,26)27)3-4-13(8)20-21-16-9(2)22-23(17(16)24)14-6-12(19)15(7-11(14)18)32(28,29)30/h3-7,16H,1-2H3,(H,25,26,27)(H,28,29,30). The Balaban J connectivity index is 1.91. The van der Waals surface area contributed by atoms with Crippen molar-refractivity contribution in [1.29, 1.82) is 0 Å². The number of hydrogen-bond donors (Lipinski definition) is 2. The van der Waals surface area contributed by atoms with Crippen molar-refractivity contribution in [2.45, 2.75) is 29.7 Å². The van der Waals surface area contributed by atoms with E-state index < -0.39 is 37.1 Å². The minimum atomic E-state index is -4.63. The van der Waals surface area contributed by atoms with E-state index in [2.05, 4.69) is 15.3 Å². The predicted molar refractivity (Wildman–Crippen MR) is 116 cm³/mol. The van der Waals surface area contributed by atoms with E-state index in [1.165, 1.54) is 19.1 Å². The van der Waals surface area contributed by atoms with Gasteiger partial charge in [0.05, 0.1) is 32.0 Å². The molecule has 1 atom stereocenters. The first-order valence-electron chi connectivity index (χ1n) is 8.54. The second-order valence-corrected chi connectivity index (χ2v) is 10.3. The Labute approximate surface area is 192 Å². The highest BCUT2D eigenvalue weighted by molar-refractivity contribution is 7.86. The molecule has 0 aliphatic carbocycles. The number of aryl methyl sites for hydroxylation is 1. The molecule has 0 radical (unpaired) electrons. The molecule has 1 unspecified atom stereocenters. The van der Waals surface area contributed by atoms with Crippen molar-refractivity contribution in [2.24, 2.45) is 15.3 Å². The van der Waals surface area contributed by atoms with Gasteiger partial charge in [-0.3, -0.25) is 13.9 Å². The number of benzene rings is 2. The highest BCUT2D eigenvalue weighted by atomic mass is 35.5. The van der Waals surface area contributed by atoms with Crippen LogP contribution >= 0.6 is 23.2 Å². The first-order valence-corrected chi connectivity index (χ1v) is 12.2. The molecule has 1 amide bonds. The summed E-state index contributed by atoms with van der Waals surface area (Å²) >= 11 is 12.0. The second-order valence-electron chi connectivity index (χ2n) is 6.64. The molecule has 2 N–H and O–H groups in total. The minimum absolute atomic E-state index is 0.0280. The average molecular weight is 521 g/mol. The number of amides is 1. The second kappa shape index (κ2) is 8.50. The number of carbonyl (C=O) groups excluding carboxylic acids is 1. The first kappa shape index (κ1) is 24.2. The molecule has 1 heterocycles. The summed E-state index contributed by atoms with van der Waals surface area (Å²) in [6.45, 7) is 3.06. The number of nitrogens with zero attached hydrogens (tertiary/aromatic N) is 4. The molecule has 3 rings (SSSR count). The van der Waals surface area contributed by atoms with Gasteiger partial charge in [0.25, 0.3) is 26.1 Å². The summed E-state index contributed by atoms with van der Waals surface area (Å²) in [7, 11) is -9.01. The van der Waals surface area contributed by atoms with E-state index in [1.54, 1.807) is 6.92 Å². The van der Waals surface area contributed by atoms with Gasteiger partial charge < -0.3 is 0 Å². The number of rotatable bonds is 5. The van der Waals surface area contributed by atoms with Crippen molar-refractivity contribution in [3.8, 4) is 0 Å². The summed E-state index contributed by atoms with van der Waals surface area (Å²) in [6.07, 6.45) is 0. The Hall–Kier alpha value is -2.42. The van der Waals surface area contributed by atoms with E-state index in [-0.39, 0.29) is 32.0 Å². The molecule has 1 aliphatic heterocycles. The third kappa shape index (κ3) is 4.82. The largest absolute Gasteiger partial charge is 0.296 e. The Kier molecular flexibility index (Phi) is 6.43. The van der Waals surface area contributed by atoms with E-state index in [0.29, 0.717) is 5.56 Å². The third-order valence-electron chi connectivity index (χ3n) is 4.35. The quantitative estimate of drug-likeness (QED) is 0.447. The molecule has 0 spiro atoms. The molecule has 0 saturated carbocycles. The monoisotopic (exact) mass is 520 g/mol. The van der Waals surface area contributed by atoms with Crippen LogP contribution in [0.1, 0.15) is 12.5 Å². The van der Waals surface area contributed by atoms with Crippen molar-refractivity contribution in [3.63, 3.8) is 0 Å². The van der Waals surface area contributed by atoms with Gasteiger partial charge in [0.15, 0.2) is 6.04 Å². The number of hydrogen-bond acceptors (Lipinski definition) is 8. The van der Waals surface area contributed by atoms with Gasteiger partial charge >= 0.3 is 0 Å². The van der Waals surface area contributed by atoms with Crippen molar-refractivity contribution in [1.82, 2.24) is 0 Å². The van der Waals surface area contributed by atoms with Crippen LogP contribution in [0.2, 0.25) is 10.0 Å². The number of anilines is 1. The van der Waals surface area contributed by atoms with Gasteiger partial charge in [0.1, 0.15) is 4.90 Å². The Morgan fingerprint density at radius 1 is 1.00 bits per heavy atom. The normalized spacial score (nSPS) is 17.3. The molecule has 11 nitrogen and oxygen atoms in total. The predicted octanol–water partition coefficient (Wildman–Crippen LogP) is 3.67. The Morgan fingerprint density at radius 2 is 1.66 bits per heavy atom. The molecule has 170 valence electrons. The molecule has 2 aromatic rings. The molecule has 0 bridgehead atoms. The van der Waals surface area contributed by atoms with Gasteiger partial charge in [0.2, 0.25) is 0 Å². The fourth-order valence-electron chi connectivity index (χ4n) is 2.76. The Bertz CT molecular complexity index is 1410. The topological polar surface area (TPSA) is 166 Å². The maximum absolute atomic E-state index is 12.8. The van der Waals surface area contributed by atoms with Crippen molar-refractivity contribution in [3.05, 3.63) is 45.9 Å². The molecule has 0 aromatic heterocycles. The number of azo groups is 1. The highest BCUT2D eigenvalue weighted by Gasteiger charge is 2.36. The summed E-state index contributed by atoms with van der Waals surface area (Å²) in [6, 6.07) is 4.48. The van der Waals surface area contributed by atoms with Gasteiger partial charge in [-0.1, -0.05) is 23.2 Å². The summed E-state index contributed by atoms with van der Waals surface area (Å²) in [5.41, 5.74) is 0.864. The number of halogens is 2. The van der Waals surface area contributed by atoms with Crippen molar-refractivity contribution in [2.75, 3.05) is 5.01 Å². The highest BCUT2D eigenvalue weighted by Crippen LogP contribution is 2.36. The zero-order valence-corrected chi connectivity index (χ0v) is 19.4. The lowest BCUT2D eigenvalue weighted by Crippen LogP contribution is -2.30. The zero-order chi connectivity index (χ0) is 24.0. The number of hydrazone groups is 1. The molecular weight excluding hydrogens is 507 g/mol. The van der Waals surface area contributed by atoms with Gasteiger partial charge in [-0.2, -0.15) is 37.2 Å². The van der Waals surface area contributed by atoms with E-state index in [9.17, 15) is 26.2 Å². The molecule has 32 heavy (non-hydrogen) atoms. The van der Waals surface area contributed by atoms with Crippen LogP contribution in [0, 0.1) is 6.92 Å². The molecule has 1 aliphatic rings. The summed E-state index contributed by atoms with van der Waals surface area (Å²) in [4.78, 5) is 11.9. The van der Waals surface area contributed by atoms with Crippen LogP contribution in [0.3, 0.4) is 0 Å². The number of carbonyl (C=O) groups is 1. The summed E-state index contributed by atoms with van der Waals surface area (Å²) in [5, 5.41) is 12.3. The average Bonchev–Trinajstić information content (AvgIpc) is 2.94. The SMILES string of the molecule is CC1=NN(c2cc(Cl)c(S(=O)(=O)O)cc2Cl)C(=O)C1N=Nc1ccc(S(=O)(=O)O)cc1C. The summed E-state index contributed by atoms with van der Waals surface area (Å²) in [5.74, 6) is -0.656. The third-order valence-corrected chi connectivity index (χ3v) is 6.82. The van der Waals surface area contributed by atoms with Crippen LogP contribution in [-0.4, -0.2) is 43.6 Å². The summed E-state index contributed by atoms with van der Waals surface area (Å²) < 4.78 is 63.4. The van der Waals surface area contributed by atoms with E-state index >= 15 is 0 Å². The van der Waals surface area contributed by atoms with E-state index in [4.69, 9.17) is 27.8 Å². The lowest BCUT2D eigenvalue weighted by molar-refractivity contribution is -0.117. The lowest BCUT2D eigenvalue weighted by Gasteiger charge is -2.15. The van der Waals surface area contributed by atoms with Gasteiger partial charge in [-0.05, 0) is 49.7 Å². The smallest absolute Gasteiger partial charge is 0.282 e. The van der Waals surface area contributed by atoms with Gasteiger partial charge in [-0.15, -0.1) is 0 Å². The van der Waals surface area contributed by atoms with Crippen molar-refractivity contribution < 1.29 is 30.7 Å². The van der Waals surface area contributed by atoms with E-state index in [1.807, 2.05) is 0 Å². The Morgan fingerprint density at radius 3 is 2.22 bits per heavy atom. The molecule has 2 aromatic carbocycles. The van der Waals surface area contributed by atoms with Crippen LogP contribution in [0.25, 0.3) is 0 Å². The van der Waals surface area contributed by atoms with Crippen LogP contribution < -0.4 is 5.01 Å². The lowest BCUT2D eigenvalue weighted by atomic mass is 10.2. The molecule has 0 fully saturated rings. The van der Waals surface area contributed by atoms with Crippen LogP contribution in [0.4, 0.5) is 11.4 Å². The van der Waals surface area contributed by atoms with Crippen LogP contribution in [-0.2, 0) is 25.0 Å². The van der Waals surface area contributed by atoms with Gasteiger partial charge in [0, 0.05) is 0 Å². The molecule has 15 heteroatoms. The fourth-order valence-corrected chi connectivity index (χ4v) is 4.66. The molecular formula is C17H14Cl2N4O7S2.